The summed E-state index contributed by atoms with van der Waals surface area (Å²) in [6, 6.07) is 5.26. The van der Waals surface area contributed by atoms with E-state index in [0.29, 0.717) is 17.2 Å². The first-order chi connectivity index (χ1) is 7.71. The summed E-state index contributed by atoms with van der Waals surface area (Å²) in [5.74, 6) is 5.96. The molecule has 6 heteroatoms. The lowest BCUT2D eigenvalue weighted by Gasteiger charge is -2.11. The normalized spacial score (nSPS) is 9.44. The molecule has 0 atom stereocenters. The Hall–Kier alpha value is -1.95. The van der Waals surface area contributed by atoms with Gasteiger partial charge in [0.25, 0.3) is 5.91 Å². The van der Waals surface area contributed by atoms with Crippen molar-refractivity contribution in [2.24, 2.45) is 5.84 Å². The van der Waals surface area contributed by atoms with Crippen LogP contribution in [-0.2, 0) is 4.79 Å². The summed E-state index contributed by atoms with van der Waals surface area (Å²) in [5.41, 5.74) is 2.70. The lowest BCUT2D eigenvalue weighted by atomic mass is 10.2. The van der Waals surface area contributed by atoms with Crippen molar-refractivity contribution in [2.75, 3.05) is 26.1 Å². The lowest BCUT2D eigenvalue weighted by molar-refractivity contribution is -0.119. The molecule has 16 heavy (non-hydrogen) atoms. The van der Waals surface area contributed by atoms with E-state index in [1.807, 2.05) is 5.43 Å². The number of amides is 1. The van der Waals surface area contributed by atoms with Crippen LogP contribution in [0.4, 0.5) is 5.69 Å². The van der Waals surface area contributed by atoms with Crippen molar-refractivity contribution < 1.29 is 14.3 Å². The molecular weight excluding hydrogens is 210 g/mol. The van der Waals surface area contributed by atoms with Gasteiger partial charge in [-0.15, -0.1) is 0 Å². The highest BCUT2D eigenvalue weighted by Gasteiger charge is 2.06. The van der Waals surface area contributed by atoms with Crippen LogP contribution < -0.4 is 26.1 Å². The number of anilines is 1. The Bertz CT molecular complexity index is 368. The lowest BCUT2D eigenvalue weighted by Crippen LogP contribution is -2.35. The van der Waals surface area contributed by atoms with E-state index in [1.165, 1.54) is 0 Å². The second kappa shape index (κ2) is 5.82. The van der Waals surface area contributed by atoms with E-state index in [-0.39, 0.29) is 12.5 Å². The third-order valence-electron chi connectivity index (χ3n) is 2.01. The molecule has 0 saturated heterocycles. The minimum atomic E-state index is -0.315. The Balaban J connectivity index is 2.78. The topological polar surface area (TPSA) is 85.6 Å². The maximum atomic E-state index is 11.0. The van der Waals surface area contributed by atoms with E-state index in [0.717, 1.165) is 0 Å². The second-order valence-corrected chi connectivity index (χ2v) is 2.99. The Morgan fingerprint density at radius 2 is 2.12 bits per heavy atom. The molecule has 1 aromatic rings. The van der Waals surface area contributed by atoms with Crippen molar-refractivity contribution in [3.63, 3.8) is 0 Å². The highest BCUT2D eigenvalue weighted by atomic mass is 16.5. The molecule has 0 bridgehead atoms. The van der Waals surface area contributed by atoms with Gasteiger partial charge in [0.05, 0.1) is 26.5 Å². The summed E-state index contributed by atoms with van der Waals surface area (Å²) >= 11 is 0. The van der Waals surface area contributed by atoms with Crippen LogP contribution in [0, 0.1) is 0 Å². The number of ether oxygens (including phenoxy) is 2. The maximum absolute atomic E-state index is 11.0. The highest BCUT2D eigenvalue weighted by Crippen LogP contribution is 2.28. The highest BCUT2D eigenvalue weighted by molar-refractivity contribution is 5.80. The molecule has 4 N–H and O–H groups in total. The fraction of sp³-hybridized carbons (Fsp3) is 0.300. The van der Waals surface area contributed by atoms with Crippen molar-refractivity contribution in [1.29, 1.82) is 0 Å². The van der Waals surface area contributed by atoms with E-state index < -0.39 is 0 Å². The first kappa shape index (κ1) is 12.1. The molecule has 0 saturated carbocycles. The van der Waals surface area contributed by atoms with Gasteiger partial charge in [-0.25, -0.2) is 5.84 Å². The average Bonchev–Trinajstić information content (AvgIpc) is 2.35. The van der Waals surface area contributed by atoms with Crippen LogP contribution in [0.5, 0.6) is 11.5 Å². The summed E-state index contributed by atoms with van der Waals surface area (Å²) in [6.07, 6.45) is 0. The van der Waals surface area contributed by atoms with E-state index >= 15 is 0 Å². The minimum absolute atomic E-state index is 0.0695. The van der Waals surface area contributed by atoms with Crippen LogP contribution in [-0.4, -0.2) is 26.7 Å². The molecule has 0 heterocycles. The van der Waals surface area contributed by atoms with Crippen molar-refractivity contribution >= 4 is 11.6 Å². The molecule has 0 radical (unpaired) electrons. The molecule has 0 aliphatic carbocycles. The molecule has 0 aromatic heterocycles. The maximum Gasteiger partial charge on any atom is 0.253 e. The summed E-state index contributed by atoms with van der Waals surface area (Å²) < 4.78 is 10.2. The van der Waals surface area contributed by atoms with E-state index in [9.17, 15) is 4.79 Å². The van der Waals surface area contributed by atoms with E-state index in [1.54, 1.807) is 32.4 Å². The number of hydrogen-bond acceptors (Lipinski definition) is 5. The molecule has 1 amide bonds. The smallest absolute Gasteiger partial charge is 0.253 e. The SMILES string of the molecule is COc1ccc(OC)c(NCC(=O)NN)c1. The van der Waals surface area contributed by atoms with Crippen molar-refractivity contribution in [3.05, 3.63) is 18.2 Å². The fourth-order valence-corrected chi connectivity index (χ4v) is 1.18. The largest absolute Gasteiger partial charge is 0.497 e. The number of methoxy groups -OCH3 is 2. The first-order valence-corrected chi connectivity index (χ1v) is 4.66. The standard InChI is InChI=1S/C10H15N3O3/c1-15-7-3-4-9(16-2)8(5-7)12-6-10(14)13-11/h3-5,12H,6,11H2,1-2H3,(H,13,14). The van der Waals surface area contributed by atoms with Gasteiger partial charge < -0.3 is 14.8 Å². The molecule has 0 aliphatic heterocycles. The summed E-state index contributed by atoms with van der Waals surface area (Å²) in [5, 5.41) is 2.89. The van der Waals surface area contributed by atoms with E-state index in [2.05, 4.69) is 5.32 Å². The van der Waals surface area contributed by atoms with Crippen molar-refractivity contribution in [2.45, 2.75) is 0 Å². The Morgan fingerprint density at radius 3 is 2.69 bits per heavy atom. The number of benzene rings is 1. The van der Waals surface area contributed by atoms with Gasteiger partial charge in [0.2, 0.25) is 0 Å². The third-order valence-corrected chi connectivity index (χ3v) is 2.01. The Labute approximate surface area is 93.7 Å². The molecule has 0 spiro atoms. The number of nitrogens with two attached hydrogens (primary N) is 1. The van der Waals surface area contributed by atoms with Crippen molar-refractivity contribution in [3.8, 4) is 11.5 Å². The fourth-order valence-electron chi connectivity index (χ4n) is 1.18. The number of nitrogens with one attached hydrogen (secondary N) is 2. The summed E-state index contributed by atoms with van der Waals surface area (Å²) in [6.45, 7) is 0.0695. The van der Waals surface area contributed by atoms with Gasteiger partial charge in [-0.3, -0.25) is 10.2 Å². The van der Waals surface area contributed by atoms with Crippen LogP contribution in [0.2, 0.25) is 0 Å². The van der Waals surface area contributed by atoms with Crippen LogP contribution in [0.15, 0.2) is 18.2 Å². The van der Waals surface area contributed by atoms with Crippen LogP contribution in [0.3, 0.4) is 0 Å². The second-order valence-electron chi connectivity index (χ2n) is 2.99. The summed E-state index contributed by atoms with van der Waals surface area (Å²) in [7, 11) is 3.12. The van der Waals surface area contributed by atoms with Gasteiger partial charge in [-0.05, 0) is 12.1 Å². The van der Waals surface area contributed by atoms with Gasteiger partial charge >= 0.3 is 0 Å². The van der Waals surface area contributed by atoms with Crippen LogP contribution >= 0.6 is 0 Å². The third kappa shape index (κ3) is 3.03. The monoisotopic (exact) mass is 225 g/mol. The van der Waals surface area contributed by atoms with Gasteiger partial charge in [0, 0.05) is 6.07 Å². The number of hydrazine groups is 1. The summed E-state index contributed by atoms with van der Waals surface area (Å²) in [4.78, 5) is 11.0. The number of carbonyl (C=O) groups excluding carboxylic acids is 1. The zero-order valence-electron chi connectivity index (χ0n) is 9.24. The molecule has 0 fully saturated rings. The van der Waals surface area contributed by atoms with Crippen LogP contribution in [0.1, 0.15) is 0 Å². The molecule has 1 rings (SSSR count). The molecule has 0 aliphatic rings. The van der Waals surface area contributed by atoms with Gasteiger partial charge in [0.1, 0.15) is 11.5 Å². The molecule has 0 unspecified atom stereocenters. The Morgan fingerprint density at radius 1 is 1.38 bits per heavy atom. The molecule has 88 valence electrons. The van der Waals surface area contributed by atoms with Gasteiger partial charge in [-0.2, -0.15) is 0 Å². The Kier molecular flexibility index (Phi) is 4.41. The predicted molar refractivity (Wildman–Crippen MR) is 60.4 cm³/mol. The first-order valence-electron chi connectivity index (χ1n) is 4.66. The van der Waals surface area contributed by atoms with Gasteiger partial charge in [-0.1, -0.05) is 0 Å². The van der Waals surface area contributed by atoms with Crippen LogP contribution in [0.25, 0.3) is 0 Å². The van der Waals surface area contributed by atoms with E-state index in [4.69, 9.17) is 15.3 Å². The molecule has 6 nitrogen and oxygen atoms in total. The van der Waals surface area contributed by atoms with Crippen molar-refractivity contribution in [1.82, 2.24) is 5.43 Å². The molecular formula is C10H15N3O3. The minimum Gasteiger partial charge on any atom is -0.497 e. The van der Waals surface area contributed by atoms with Gasteiger partial charge in [0.15, 0.2) is 0 Å². The number of rotatable bonds is 5. The zero-order chi connectivity index (χ0) is 12.0. The quantitative estimate of drug-likeness (QED) is 0.376. The number of hydrogen-bond donors (Lipinski definition) is 3. The zero-order valence-corrected chi connectivity index (χ0v) is 9.24. The predicted octanol–water partition coefficient (Wildman–Crippen LogP) is 0.106. The number of carbonyl (C=O) groups is 1. The molecule has 1 aromatic carbocycles. The average molecular weight is 225 g/mol.